The zero-order valence-electron chi connectivity index (χ0n) is 18.0. The Morgan fingerprint density at radius 2 is 1.82 bits per heavy atom. The smallest absolute Gasteiger partial charge is 0.307 e. The second-order valence-electron chi connectivity index (χ2n) is 8.44. The fourth-order valence-corrected chi connectivity index (χ4v) is 4.32. The molecular formula is C24H25F3N4O2. The van der Waals surface area contributed by atoms with Crippen LogP contribution in [0.4, 0.5) is 19.0 Å². The molecule has 3 aromatic rings. The van der Waals surface area contributed by atoms with E-state index in [-0.39, 0.29) is 11.7 Å². The van der Waals surface area contributed by atoms with Crippen LogP contribution in [0, 0.1) is 5.92 Å². The van der Waals surface area contributed by atoms with Gasteiger partial charge in [-0.3, -0.25) is 14.3 Å². The highest BCUT2D eigenvalue weighted by Crippen LogP contribution is 2.33. The van der Waals surface area contributed by atoms with Gasteiger partial charge in [0.2, 0.25) is 5.91 Å². The van der Waals surface area contributed by atoms with E-state index in [9.17, 15) is 22.8 Å². The molecule has 9 heteroatoms. The van der Waals surface area contributed by atoms with Crippen molar-refractivity contribution in [3.63, 3.8) is 0 Å². The van der Waals surface area contributed by atoms with Crippen LogP contribution in [0.2, 0.25) is 0 Å². The number of anilines is 1. The van der Waals surface area contributed by atoms with E-state index in [1.165, 1.54) is 0 Å². The predicted octanol–water partition coefficient (Wildman–Crippen LogP) is 4.87. The molecule has 1 aliphatic carbocycles. The molecule has 1 aromatic carbocycles. The van der Waals surface area contributed by atoms with Crippen molar-refractivity contribution in [1.82, 2.24) is 14.3 Å². The topological polar surface area (TPSA) is 68.9 Å². The summed E-state index contributed by atoms with van der Waals surface area (Å²) in [5.41, 5.74) is -0.567. The van der Waals surface area contributed by atoms with E-state index in [0.717, 1.165) is 54.1 Å². The lowest BCUT2D eigenvalue weighted by Gasteiger charge is -2.23. The van der Waals surface area contributed by atoms with Crippen LogP contribution in [0.25, 0.3) is 0 Å². The molecule has 1 amide bonds. The molecule has 0 bridgehead atoms. The number of pyridine rings is 1. The Hall–Kier alpha value is -3.36. The summed E-state index contributed by atoms with van der Waals surface area (Å²) in [6.45, 7) is 0.509. The van der Waals surface area contributed by atoms with Crippen LogP contribution in [0.15, 0.2) is 65.7 Å². The molecule has 1 fully saturated rings. The minimum Gasteiger partial charge on any atom is -0.307 e. The van der Waals surface area contributed by atoms with Crippen molar-refractivity contribution in [2.75, 3.05) is 5.32 Å². The number of alkyl halides is 3. The van der Waals surface area contributed by atoms with Crippen molar-refractivity contribution in [2.24, 2.45) is 5.92 Å². The normalized spacial score (nSPS) is 15.5. The van der Waals surface area contributed by atoms with Crippen LogP contribution in [-0.2, 0) is 17.5 Å². The zero-order valence-corrected chi connectivity index (χ0v) is 18.0. The number of hydrogen-bond acceptors (Lipinski definition) is 3. The molecule has 0 saturated heterocycles. The molecule has 1 N–H and O–H groups in total. The Kier molecular flexibility index (Phi) is 6.67. The Bertz CT molecular complexity index is 1150. The molecule has 1 saturated carbocycles. The number of aromatic nitrogens is 3. The van der Waals surface area contributed by atoms with Crippen LogP contribution in [-0.4, -0.2) is 20.3 Å². The lowest BCUT2D eigenvalue weighted by Crippen LogP contribution is -2.35. The minimum absolute atomic E-state index is 0.179. The van der Waals surface area contributed by atoms with Gasteiger partial charge in [-0.05, 0) is 24.0 Å². The summed E-state index contributed by atoms with van der Waals surface area (Å²) in [6, 6.07) is 11.9. The quantitative estimate of drug-likeness (QED) is 0.549. The summed E-state index contributed by atoms with van der Waals surface area (Å²) in [5, 5.41) is 7.04. The zero-order chi connectivity index (χ0) is 23.4. The van der Waals surface area contributed by atoms with Crippen molar-refractivity contribution in [3.8, 4) is 0 Å². The third-order valence-corrected chi connectivity index (χ3v) is 6.01. The number of hydrogen-bond donors (Lipinski definition) is 1. The lowest BCUT2D eigenvalue weighted by molar-refractivity contribution is -0.138. The number of nitrogens with zero attached hydrogens (tertiary/aromatic N) is 3. The van der Waals surface area contributed by atoms with Gasteiger partial charge in [-0.1, -0.05) is 56.0 Å². The lowest BCUT2D eigenvalue weighted by atomic mass is 9.97. The molecule has 174 valence electrons. The van der Waals surface area contributed by atoms with Crippen LogP contribution in [0.1, 0.15) is 49.3 Å². The summed E-state index contributed by atoms with van der Waals surface area (Å²) in [7, 11) is 0. The standard InChI is InChI=1S/C24H25F3N4O2/c25-24(26,27)19-10-11-22(32)31(16-19)20(14-17-6-4-5-7-17)23(33)28-21-12-13-30(29-21)15-18-8-2-1-3-9-18/h1-3,8-13,16-17,20H,4-7,14-15H2,(H,28,29,33)/t20-/m0/s1. The Morgan fingerprint density at radius 1 is 1.09 bits per heavy atom. The second kappa shape index (κ2) is 9.64. The van der Waals surface area contributed by atoms with Crippen LogP contribution in [0.3, 0.4) is 0 Å². The number of halogens is 3. The van der Waals surface area contributed by atoms with Gasteiger partial charge in [-0.15, -0.1) is 0 Å². The molecule has 1 atom stereocenters. The van der Waals surface area contributed by atoms with Gasteiger partial charge in [0, 0.05) is 24.5 Å². The first-order valence-electron chi connectivity index (χ1n) is 11.0. The molecule has 2 heterocycles. The van der Waals surface area contributed by atoms with Gasteiger partial charge in [0.05, 0.1) is 12.1 Å². The molecule has 0 unspecified atom stereocenters. The second-order valence-corrected chi connectivity index (χ2v) is 8.44. The van der Waals surface area contributed by atoms with Gasteiger partial charge >= 0.3 is 6.18 Å². The highest BCUT2D eigenvalue weighted by molar-refractivity contribution is 5.92. The summed E-state index contributed by atoms with van der Waals surface area (Å²) in [4.78, 5) is 25.7. The van der Waals surface area contributed by atoms with Gasteiger partial charge in [-0.2, -0.15) is 18.3 Å². The molecular weight excluding hydrogens is 433 g/mol. The number of benzene rings is 1. The summed E-state index contributed by atoms with van der Waals surface area (Å²) >= 11 is 0. The monoisotopic (exact) mass is 458 g/mol. The van der Waals surface area contributed by atoms with E-state index in [1.54, 1.807) is 16.9 Å². The average Bonchev–Trinajstić information content (AvgIpc) is 3.44. The highest BCUT2D eigenvalue weighted by Gasteiger charge is 2.33. The fourth-order valence-electron chi connectivity index (χ4n) is 4.32. The Labute approximate surface area is 189 Å². The number of carbonyl (C=O) groups excluding carboxylic acids is 1. The molecule has 33 heavy (non-hydrogen) atoms. The first kappa shape index (κ1) is 22.8. The van der Waals surface area contributed by atoms with Gasteiger partial charge in [0.25, 0.3) is 5.56 Å². The highest BCUT2D eigenvalue weighted by atomic mass is 19.4. The van der Waals surface area contributed by atoms with E-state index in [1.807, 2.05) is 30.3 Å². The largest absolute Gasteiger partial charge is 0.417 e. The average molecular weight is 458 g/mol. The Balaban J connectivity index is 1.56. The molecule has 1 aliphatic rings. The van der Waals surface area contributed by atoms with Gasteiger partial charge < -0.3 is 9.88 Å². The third-order valence-electron chi connectivity index (χ3n) is 6.01. The number of rotatable bonds is 7. The molecule has 4 rings (SSSR count). The summed E-state index contributed by atoms with van der Waals surface area (Å²) < 4.78 is 42.4. The first-order chi connectivity index (χ1) is 15.8. The maximum absolute atomic E-state index is 13.3. The minimum atomic E-state index is -4.61. The van der Waals surface area contributed by atoms with Crippen LogP contribution < -0.4 is 10.9 Å². The maximum Gasteiger partial charge on any atom is 0.417 e. The summed E-state index contributed by atoms with van der Waals surface area (Å²) in [6.07, 6.45) is 1.96. The molecule has 0 aliphatic heterocycles. The van der Waals surface area contributed by atoms with Gasteiger partial charge in [0.1, 0.15) is 6.04 Å². The first-order valence-corrected chi connectivity index (χ1v) is 11.0. The van der Waals surface area contributed by atoms with E-state index in [2.05, 4.69) is 10.4 Å². The van der Waals surface area contributed by atoms with Crippen molar-refractivity contribution in [1.29, 1.82) is 0 Å². The number of carbonyl (C=O) groups is 1. The molecule has 0 spiro atoms. The van der Waals surface area contributed by atoms with Crippen LogP contribution in [0.5, 0.6) is 0 Å². The Morgan fingerprint density at radius 3 is 2.52 bits per heavy atom. The number of amides is 1. The third kappa shape index (κ3) is 5.71. The fraction of sp³-hybridized carbons (Fsp3) is 0.375. The SMILES string of the molecule is O=C(Nc1ccn(Cc2ccccc2)n1)[C@H](CC1CCCC1)n1cc(C(F)(F)F)ccc1=O. The maximum atomic E-state index is 13.3. The van der Waals surface area contributed by atoms with Gasteiger partial charge in [0.15, 0.2) is 5.82 Å². The van der Waals surface area contributed by atoms with E-state index in [0.29, 0.717) is 13.0 Å². The van der Waals surface area contributed by atoms with E-state index < -0.39 is 29.2 Å². The molecule has 0 radical (unpaired) electrons. The van der Waals surface area contributed by atoms with Crippen molar-refractivity contribution < 1.29 is 18.0 Å². The predicted molar refractivity (Wildman–Crippen MR) is 118 cm³/mol. The number of nitrogens with one attached hydrogen (secondary N) is 1. The summed E-state index contributed by atoms with van der Waals surface area (Å²) in [5.74, 6) is -0.0847. The van der Waals surface area contributed by atoms with E-state index >= 15 is 0 Å². The van der Waals surface area contributed by atoms with Crippen molar-refractivity contribution in [2.45, 2.75) is 50.9 Å². The molecule has 2 aromatic heterocycles. The van der Waals surface area contributed by atoms with Gasteiger partial charge in [-0.25, -0.2) is 0 Å². The van der Waals surface area contributed by atoms with E-state index in [4.69, 9.17) is 0 Å². The molecule has 6 nitrogen and oxygen atoms in total. The van der Waals surface area contributed by atoms with Crippen molar-refractivity contribution >= 4 is 11.7 Å². The van der Waals surface area contributed by atoms with Crippen molar-refractivity contribution in [3.05, 3.63) is 82.4 Å². The van der Waals surface area contributed by atoms with Crippen LogP contribution >= 0.6 is 0 Å².